The summed E-state index contributed by atoms with van der Waals surface area (Å²) in [4.78, 5) is 4.17. The molecule has 0 aliphatic heterocycles. The standard InChI is InChI=1S/C18H16N4O3S/c1-4-5-26-18-12(9-20)15(11(8-19)17(21)22-18)10-6-13(23)16(25-3)14(7-10)24-2/h4,6-7,23H,1,5H2,2-3H3,(H2,21,22). The van der Waals surface area contributed by atoms with Crippen LogP contribution in [0.4, 0.5) is 5.82 Å². The minimum Gasteiger partial charge on any atom is -0.504 e. The SMILES string of the molecule is C=CCSc1nc(N)c(C#N)c(-c2cc(O)c(OC)c(OC)c2)c1C#N. The van der Waals surface area contributed by atoms with E-state index in [4.69, 9.17) is 15.2 Å². The fraction of sp³-hybridized carbons (Fsp3) is 0.167. The Morgan fingerprint density at radius 2 is 1.96 bits per heavy atom. The number of nitrogen functional groups attached to an aromatic ring is 1. The molecular formula is C18H16N4O3S. The van der Waals surface area contributed by atoms with Gasteiger partial charge in [0.1, 0.15) is 28.5 Å². The molecule has 0 atom stereocenters. The second-order valence-electron chi connectivity index (χ2n) is 4.98. The Kier molecular flexibility index (Phi) is 5.94. The van der Waals surface area contributed by atoms with Crippen LogP contribution >= 0.6 is 11.8 Å². The molecule has 8 heteroatoms. The van der Waals surface area contributed by atoms with E-state index in [1.165, 1.54) is 32.0 Å². The Hall–Kier alpha value is -3.36. The second-order valence-corrected chi connectivity index (χ2v) is 5.99. The van der Waals surface area contributed by atoms with Crippen molar-refractivity contribution in [2.75, 3.05) is 25.7 Å². The third-order valence-electron chi connectivity index (χ3n) is 3.50. The van der Waals surface area contributed by atoms with Gasteiger partial charge in [0.15, 0.2) is 11.5 Å². The van der Waals surface area contributed by atoms with Gasteiger partial charge >= 0.3 is 0 Å². The average Bonchev–Trinajstić information content (AvgIpc) is 2.64. The number of methoxy groups -OCH3 is 2. The molecule has 0 radical (unpaired) electrons. The highest BCUT2D eigenvalue weighted by molar-refractivity contribution is 7.99. The smallest absolute Gasteiger partial charge is 0.203 e. The largest absolute Gasteiger partial charge is 0.504 e. The van der Waals surface area contributed by atoms with E-state index in [2.05, 4.69) is 17.6 Å². The maximum absolute atomic E-state index is 10.2. The van der Waals surface area contributed by atoms with Gasteiger partial charge in [-0.05, 0) is 17.7 Å². The molecule has 1 aromatic heterocycles. The summed E-state index contributed by atoms with van der Waals surface area (Å²) in [6, 6.07) is 7.02. The van der Waals surface area contributed by atoms with Crippen molar-refractivity contribution in [1.82, 2.24) is 4.98 Å². The first kappa shape index (κ1) is 19.0. The maximum atomic E-state index is 10.2. The summed E-state index contributed by atoms with van der Waals surface area (Å²) < 4.78 is 10.3. The number of nitrogens with zero attached hydrogens (tertiary/aromatic N) is 3. The number of aromatic nitrogens is 1. The van der Waals surface area contributed by atoms with Crippen LogP contribution in [0.3, 0.4) is 0 Å². The van der Waals surface area contributed by atoms with Crippen molar-refractivity contribution in [3.05, 3.63) is 35.9 Å². The quantitative estimate of drug-likeness (QED) is 0.588. The summed E-state index contributed by atoms with van der Waals surface area (Å²) in [6.45, 7) is 3.64. The third kappa shape index (κ3) is 3.37. The van der Waals surface area contributed by atoms with Crippen molar-refractivity contribution in [1.29, 1.82) is 10.5 Å². The van der Waals surface area contributed by atoms with E-state index in [9.17, 15) is 15.6 Å². The zero-order chi connectivity index (χ0) is 19.3. The normalized spacial score (nSPS) is 9.85. The number of anilines is 1. The molecule has 0 fully saturated rings. The molecule has 0 spiro atoms. The Labute approximate surface area is 155 Å². The third-order valence-corrected chi connectivity index (χ3v) is 4.47. The van der Waals surface area contributed by atoms with Gasteiger partial charge in [0, 0.05) is 11.3 Å². The summed E-state index contributed by atoms with van der Waals surface area (Å²) >= 11 is 1.28. The van der Waals surface area contributed by atoms with Crippen molar-refractivity contribution in [3.8, 4) is 40.5 Å². The van der Waals surface area contributed by atoms with Gasteiger partial charge in [-0.1, -0.05) is 6.08 Å². The Bertz CT molecular complexity index is 945. The molecule has 1 heterocycles. The van der Waals surface area contributed by atoms with Gasteiger partial charge in [0.05, 0.1) is 19.8 Å². The van der Waals surface area contributed by atoms with Crippen molar-refractivity contribution in [2.24, 2.45) is 0 Å². The molecular weight excluding hydrogens is 352 g/mol. The summed E-state index contributed by atoms with van der Waals surface area (Å²) in [7, 11) is 2.82. The molecule has 0 bridgehead atoms. The van der Waals surface area contributed by atoms with Crippen LogP contribution in [0.2, 0.25) is 0 Å². The zero-order valence-electron chi connectivity index (χ0n) is 14.2. The van der Waals surface area contributed by atoms with E-state index in [-0.39, 0.29) is 39.8 Å². The number of hydrogen-bond donors (Lipinski definition) is 2. The number of benzene rings is 1. The lowest BCUT2D eigenvalue weighted by molar-refractivity contribution is 0.333. The molecule has 0 saturated carbocycles. The predicted octanol–water partition coefficient (Wildman–Crippen LogP) is 3.08. The summed E-state index contributed by atoms with van der Waals surface area (Å²) in [5.74, 6) is 0.735. The molecule has 2 aromatic rings. The number of hydrogen-bond acceptors (Lipinski definition) is 8. The highest BCUT2D eigenvalue weighted by Gasteiger charge is 2.23. The maximum Gasteiger partial charge on any atom is 0.203 e. The summed E-state index contributed by atoms with van der Waals surface area (Å²) in [5, 5.41) is 29.8. The van der Waals surface area contributed by atoms with E-state index in [1.54, 1.807) is 12.1 Å². The van der Waals surface area contributed by atoms with Crippen LogP contribution < -0.4 is 15.2 Å². The number of thioether (sulfide) groups is 1. The van der Waals surface area contributed by atoms with Crippen LogP contribution in [-0.2, 0) is 0 Å². The molecule has 26 heavy (non-hydrogen) atoms. The minimum absolute atomic E-state index is 0.00216. The first-order chi connectivity index (χ1) is 12.5. The Morgan fingerprint density at radius 3 is 2.50 bits per heavy atom. The van der Waals surface area contributed by atoms with E-state index in [0.717, 1.165) is 0 Å². The van der Waals surface area contributed by atoms with Gasteiger partial charge < -0.3 is 20.3 Å². The monoisotopic (exact) mass is 368 g/mol. The lowest BCUT2D eigenvalue weighted by Crippen LogP contribution is -2.04. The van der Waals surface area contributed by atoms with E-state index in [1.807, 2.05) is 6.07 Å². The predicted molar refractivity (Wildman–Crippen MR) is 99.2 cm³/mol. The van der Waals surface area contributed by atoms with Gasteiger partial charge in [0.25, 0.3) is 0 Å². The van der Waals surface area contributed by atoms with Crippen molar-refractivity contribution in [3.63, 3.8) is 0 Å². The molecule has 2 rings (SSSR count). The molecule has 0 saturated heterocycles. The molecule has 7 nitrogen and oxygen atoms in total. The van der Waals surface area contributed by atoms with Gasteiger partial charge in [-0.3, -0.25) is 0 Å². The first-order valence-electron chi connectivity index (χ1n) is 7.35. The van der Waals surface area contributed by atoms with E-state index < -0.39 is 0 Å². The lowest BCUT2D eigenvalue weighted by Gasteiger charge is -2.15. The van der Waals surface area contributed by atoms with Crippen molar-refractivity contribution >= 4 is 17.6 Å². The number of pyridine rings is 1. The lowest BCUT2D eigenvalue weighted by atomic mass is 9.96. The van der Waals surface area contributed by atoms with Gasteiger partial charge in [-0.2, -0.15) is 10.5 Å². The fourth-order valence-electron chi connectivity index (χ4n) is 2.42. The highest BCUT2D eigenvalue weighted by atomic mass is 32.2. The van der Waals surface area contributed by atoms with Crippen LogP contribution in [0, 0.1) is 22.7 Å². The van der Waals surface area contributed by atoms with Gasteiger partial charge in [-0.15, -0.1) is 18.3 Å². The first-order valence-corrected chi connectivity index (χ1v) is 8.33. The molecule has 1 aromatic carbocycles. The van der Waals surface area contributed by atoms with Crippen LogP contribution in [0.25, 0.3) is 11.1 Å². The van der Waals surface area contributed by atoms with Crippen LogP contribution in [-0.4, -0.2) is 30.1 Å². The van der Waals surface area contributed by atoms with E-state index >= 15 is 0 Å². The molecule has 0 unspecified atom stereocenters. The average molecular weight is 368 g/mol. The molecule has 3 N–H and O–H groups in total. The Morgan fingerprint density at radius 1 is 1.27 bits per heavy atom. The summed E-state index contributed by atoms with van der Waals surface area (Å²) in [6.07, 6.45) is 1.67. The zero-order valence-corrected chi connectivity index (χ0v) is 15.1. The number of nitrogens with two attached hydrogens (primary N) is 1. The number of phenolic OH excluding ortho intramolecular Hbond substituents is 1. The fourth-order valence-corrected chi connectivity index (χ4v) is 3.15. The number of nitriles is 2. The molecule has 0 aliphatic rings. The topological polar surface area (TPSA) is 125 Å². The number of ether oxygens (including phenoxy) is 2. The number of rotatable bonds is 6. The molecule has 0 amide bonds. The number of phenols is 1. The Balaban J connectivity index is 2.86. The molecule has 132 valence electrons. The van der Waals surface area contributed by atoms with Crippen molar-refractivity contribution < 1.29 is 14.6 Å². The van der Waals surface area contributed by atoms with Crippen molar-refractivity contribution in [2.45, 2.75) is 5.03 Å². The van der Waals surface area contributed by atoms with Crippen LogP contribution in [0.1, 0.15) is 11.1 Å². The highest BCUT2D eigenvalue weighted by Crippen LogP contribution is 2.43. The molecule has 0 aliphatic carbocycles. The number of aromatic hydroxyl groups is 1. The second kappa shape index (κ2) is 8.15. The van der Waals surface area contributed by atoms with E-state index in [0.29, 0.717) is 16.3 Å². The summed E-state index contributed by atoms with van der Waals surface area (Å²) in [5.41, 5.74) is 6.84. The van der Waals surface area contributed by atoms with Crippen LogP contribution in [0.15, 0.2) is 29.8 Å². The minimum atomic E-state index is -0.190. The van der Waals surface area contributed by atoms with Crippen LogP contribution in [0.5, 0.6) is 17.2 Å². The van der Waals surface area contributed by atoms with Gasteiger partial charge in [0.2, 0.25) is 5.75 Å². The van der Waals surface area contributed by atoms with Gasteiger partial charge in [-0.25, -0.2) is 4.98 Å².